The largest absolute Gasteiger partial charge is 0.378 e. The van der Waals surface area contributed by atoms with Crippen LogP contribution in [0.5, 0.6) is 0 Å². The van der Waals surface area contributed by atoms with Gasteiger partial charge in [0, 0.05) is 11.0 Å². The monoisotopic (exact) mass is 228 g/mol. The molecule has 50 valence electrons. The molecule has 0 spiro atoms. The van der Waals surface area contributed by atoms with Crippen LogP contribution in [0.2, 0.25) is 0 Å². The maximum absolute atomic E-state index is 5.33. The zero-order chi connectivity index (χ0) is 6.41. The third kappa shape index (κ3) is 4.84. The summed E-state index contributed by atoms with van der Waals surface area (Å²) < 4.78 is 6.43. The lowest BCUT2D eigenvalue weighted by atomic mass is 10.4. The summed E-state index contributed by atoms with van der Waals surface area (Å²) in [6, 6.07) is 0. The number of ether oxygens (including phenoxy) is 1. The molecule has 0 radical (unpaired) electrons. The molecule has 0 aromatic carbocycles. The van der Waals surface area contributed by atoms with E-state index >= 15 is 0 Å². The Hall–Kier alpha value is 0.690. The molecule has 1 atom stereocenters. The zero-order valence-corrected chi connectivity index (χ0v) is 7.64. The minimum absolute atomic E-state index is 0.440. The molecule has 0 aliphatic rings. The fourth-order valence-electron chi connectivity index (χ4n) is 0.364. The van der Waals surface area contributed by atoms with E-state index in [1.807, 2.05) is 0 Å². The van der Waals surface area contributed by atoms with E-state index in [1.165, 1.54) is 0 Å². The smallest absolute Gasteiger partial charge is 0.0636 e. The first-order valence-corrected chi connectivity index (χ1v) is 4.51. The normalized spacial score (nSPS) is 13.9. The van der Waals surface area contributed by atoms with Gasteiger partial charge in [-0.2, -0.15) is 0 Å². The SMILES string of the molecule is CCCOC(C)CI. The van der Waals surface area contributed by atoms with Crippen molar-refractivity contribution in [3.05, 3.63) is 0 Å². The third-order valence-electron chi connectivity index (χ3n) is 0.824. The first kappa shape index (κ1) is 8.69. The summed E-state index contributed by atoms with van der Waals surface area (Å²) in [5.74, 6) is 0. The summed E-state index contributed by atoms with van der Waals surface area (Å²) in [6.45, 7) is 5.13. The minimum Gasteiger partial charge on any atom is -0.378 e. The molecule has 0 aromatic heterocycles. The van der Waals surface area contributed by atoms with Gasteiger partial charge in [0.1, 0.15) is 0 Å². The Morgan fingerprint density at radius 3 is 2.62 bits per heavy atom. The molecule has 1 nitrogen and oxygen atoms in total. The number of halogens is 1. The van der Waals surface area contributed by atoms with Gasteiger partial charge in [0.05, 0.1) is 6.10 Å². The lowest BCUT2D eigenvalue weighted by Crippen LogP contribution is -2.09. The number of alkyl halides is 1. The average molecular weight is 228 g/mol. The molecule has 0 saturated carbocycles. The Bertz CT molecular complexity index is 47.8. The van der Waals surface area contributed by atoms with Crippen LogP contribution in [-0.4, -0.2) is 17.1 Å². The van der Waals surface area contributed by atoms with Crippen LogP contribution >= 0.6 is 22.6 Å². The van der Waals surface area contributed by atoms with Crippen molar-refractivity contribution in [3.8, 4) is 0 Å². The van der Waals surface area contributed by atoms with Crippen molar-refractivity contribution in [3.63, 3.8) is 0 Å². The van der Waals surface area contributed by atoms with Gasteiger partial charge >= 0.3 is 0 Å². The van der Waals surface area contributed by atoms with Crippen LogP contribution in [0.25, 0.3) is 0 Å². The first-order chi connectivity index (χ1) is 3.81. The summed E-state index contributed by atoms with van der Waals surface area (Å²) in [5, 5.41) is 0. The van der Waals surface area contributed by atoms with E-state index in [1.54, 1.807) is 0 Å². The lowest BCUT2D eigenvalue weighted by Gasteiger charge is -2.06. The molecule has 0 aromatic rings. The molecule has 8 heavy (non-hydrogen) atoms. The molecule has 0 amide bonds. The van der Waals surface area contributed by atoms with Crippen molar-refractivity contribution < 1.29 is 4.74 Å². The van der Waals surface area contributed by atoms with Gasteiger partial charge in [0.25, 0.3) is 0 Å². The molecular weight excluding hydrogens is 215 g/mol. The van der Waals surface area contributed by atoms with Crippen LogP contribution in [0, 0.1) is 0 Å². The Morgan fingerprint density at radius 2 is 2.25 bits per heavy atom. The molecule has 2 heteroatoms. The predicted molar refractivity (Wildman–Crippen MR) is 44.6 cm³/mol. The quantitative estimate of drug-likeness (QED) is 0.529. The molecule has 0 saturated heterocycles. The topological polar surface area (TPSA) is 9.23 Å². The van der Waals surface area contributed by atoms with Crippen LogP contribution in [0.15, 0.2) is 0 Å². The zero-order valence-electron chi connectivity index (χ0n) is 5.48. The molecule has 0 N–H and O–H groups in total. The van der Waals surface area contributed by atoms with Crippen LogP contribution < -0.4 is 0 Å². The molecule has 0 aliphatic heterocycles. The Balaban J connectivity index is 2.86. The highest BCUT2D eigenvalue weighted by Gasteiger charge is 1.94. The predicted octanol–water partition coefficient (Wildman–Crippen LogP) is 2.24. The van der Waals surface area contributed by atoms with Crippen molar-refractivity contribution in [1.82, 2.24) is 0 Å². The molecular formula is C6H13IO. The second-order valence-electron chi connectivity index (χ2n) is 1.84. The molecule has 0 rings (SSSR count). The van der Waals surface area contributed by atoms with Gasteiger partial charge < -0.3 is 4.74 Å². The summed E-state index contributed by atoms with van der Waals surface area (Å²) in [4.78, 5) is 0. The van der Waals surface area contributed by atoms with Gasteiger partial charge in [-0.05, 0) is 13.3 Å². The van der Waals surface area contributed by atoms with Crippen molar-refractivity contribution in [2.24, 2.45) is 0 Å². The average Bonchev–Trinajstić information content (AvgIpc) is 1.83. The van der Waals surface area contributed by atoms with Gasteiger partial charge in [0.15, 0.2) is 0 Å². The van der Waals surface area contributed by atoms with Crippen molar-refractivity contribution >= 4 is 22.6 Å². The lowest BCUT2D eigenvalue weighted by molar-refractivity contribution is 0.0844. The summed E-state index contributed by atoms with van der Waals surface area (Å²) in [7, 11) is 0. The minimum atomic E-state index is 0.440. The highest BCUT2D eigenvalue weighted by atomic mass is 127. The van der Waals surface area contributed by atoms with Crippen molar-refractivity contribution in [2.45, 2.75) is 26.4 Å². The standard InChI is InChI=1S/C6H13IO/c1-3-4-8-6(2)5-7/h6H,3-5H2,1-2H3. The van der Waals surface area contributed by atoms with E-state index in [0.717, 1.165) is 17.5 Å². The number of rotatable bonds is 4. The number of hydrogen-bond acceptors (Lipinski definition) is 1. The Morgan fingerprint density at radius 1 is 1.62 bits per heavy atom. The van der Waals surface area contributed by atoms with E-state index in [2.05, 4.69) is 36.4 Å². The van der Waals surface area contributed by atoms with Crippen molar-refractivity contribution in [2.75, 3.05) is 11.0 Å². The highest BCUT2D eigenvalue weighted by Crippen LogP contribution is 1.96. The van der Waals surface area contributed by atoms with Crippen LogP contribution in [0.4, 0.5) is 0 Å². The van der Waals surface area contributed by atoms with Gasteiger partial charge in [-0.25, -0.2) is 0 Å². The Kier molecular flexibility index (Phi) is 6.32. The van der Waals surface area contributed by atoms with Crippen molar-refractivity contribution in [1.29, 1.82) is 0 Å². The first-order valence-electron chi connectivity index (χ1n) is 2.98. The summed E-state index contributed by atoms with van der Waals surface area (Å²) in [5.41, 5.74) is 0. The third-order valence-corrected chi connectivity index (χ3v) is 2.06. The van der Waals surface area contributed by atoms with E-state index in [9.17, 15) is 0 Å². The van der Waals surface area contributed by atoms with Gasteiger partial charge in [-0.15, -0.1) is 0 Å². The number of hydrogen-bond donors (Lipinski definition) is 0. The van der Waals surface area contributed by atoms with Gasteiger partial charge in [-0.3, -0.25) is 0 Å². The summed E-state index contributed by atoms with van der Waals surface area (Å²) >= 11 is 2.33. The fraction of sp³-hybridized carbons (Fsp3) is 1.00. The second kappa shape index (κ2) is 5.82. The molecule has 0 bridgehead atoms. The Labute approximate surface area is 64.9 Å². The molecule has 0 fully saturated rings. The van der Waals surface area contributed by atoms with E-state index < -0.39 is 0 Å². The van der Waals surface area contributed by atoms with Crippen LogP contribution in [-0.2, 0) is 4.74 Å². The maximum atomic E-state index is 5.33. The fourth-order valence-corrected chi connectivity index (χ4v) is 0.618. The van der Waals surface area contributed by atoms with E-state index in [4.69, 9.17) is 4.74 Å². The summed E-state index contributed by atoms with van der Waals surface area (Å²) in [6.07, 6.45) is 1.57. The molecule has 0 aliphatic carbocycles. The highest BCUT2D eigenvalue weighted by molar-refractivity contribution is 14.1. The molecule has 1 unspecified atom stereocenters. The van der Waals surface area contributed by atoms with E-state index in [0.29, 0.717) is 6.10 Å². The van der Waals surface area contributed by atoms with Crippen LogP contribution in [0.1, 0.15) is 20.3 Å². The maximum Gasteiger partial charge on any atom is 0.0636 e. The van der Waals surface area contributed by atoms with Gasteiger partial charge in [-0.1, -0.05) is 29.5 Å². The van der Waals surface area contributed by atoms with E-state index in [-0.39, 0.29) is 0 Å². The molecule has 0 heterocycles. The second-order valence-corrected chi connectivity index (χ2v) is 2.72. The van der Waals surface area contributed by atoms with Gasteiger partial charge in [0.2, 0.25) is 0 Å². The van der Waals surface area contributed by atoms with Crippen LogP contribution in [0.3, 0.4) is 0 Å².